The lowest BCUT2D eigenvalue weighted by molar-refractivity contribution is 0.141. The van der Waals surface area contributed by atoms with Crippen molar-refractivity contribution >= 4 is 5.69 Å². The van der Waals surface area contributed by atoms with Gasteiger partial charge in [-0.15, -0.1) is 0 Å². The number of benzene rings is 2. The van der Waals surface area contributed by atoms with Crippen LogP contribution < -0.4 is 4.90 Å². The van der Waals surface area contributed by atoms with Crippen molar-refractivity contribution < 1.29 is 0 Å². The second-order valence-electron chi connectivity index (χ2n) is 8.23. The van der Waals surface area contributed by atoms with Crippen molar-refractivity contribution in [2.45, 2.75) is 51.5 Å². The summed E-state index contributed by atoms with van der Waals surface area (Å²) in [7, 11) is 0. The fraction of sp³-hybridized carbons (Fsp3) is 0.500. The van der Waals surface area contributed by atoms with Gasteiger partial charge in [-0.1, -0.05) is 42.5 Å². The molecule has 2 aromatic rings. The summed E-state index contributed by atoms with van der Waals surface area (Å²) >= 11 is 0. The van der Waals surface area contributed by atoms with Gasteiger partial charge in [0, 0.05) is 37.9 Å². The Morgan fingerprint density at radius 1 is 0.769 bits per heavy atom. The van der Waals surface area contributed by atoms with Gasteiger partial charge in [0.2, 0.25) is 0 Å². The van der Waals surface area contributed by atoms with E-state index in [-0.39, 0.29) is 0 Å². The average Bonchev–Trinajstić information content (AvgIpc) is 2.71. The maximum Gasteiger partial charge on any atom is 0.0399 e. The fourth-order valence-electron chi connectivity index (χ4n) is 4.89. The first-order chi connectivity index (χ1) is 12.7. The molecule has 0 unspecified atom stereocenters. The standard InChI is InChI=1S/C24H32N2/c1-19-8-9-20(2)24(18-19)26-16-14-25(15-17-26)23-12-10-22(11-13-23)21-6-4-3-5-7-21/h3-9,18,22-23H,10-17H2,1-2H3. The predicted octanol–water partition coefficient (Wildman–Crippen LogP) is 5.15. The Kier molecular flexibility index (Phi) is 5.31. The van der Waals surface area contributed by atoms with E-state index in [2.05, 4.69) is 72.2 Å². The molecule has 0 bridgehead atoms. The number of aryl methyl sites for hydroxylation is 2. The molecule has 0 amide bonds. The number of piperazine rings is 1. The molecule has 0 aromatic heterocycles. The van der Waals surface area contributed by atoms with Gasteiger partial charge in [0.05, 0.1) is 0 Å². The van der Waals surface area contributed by atoms with Crippen molar-refractivity contribution in [1.29, 1.82) is 0 Å². The van der Waals surface area contributed by atoms with Gasteiger partial charge in [-0.2, -0.15) is 0 Å². The van der Waals surface area contributed by atoms with Crippen LogP contribution in [-0.2, 0) is 0 Å². The van der Waals surface area contributed by atoms with Crippen molar-refractivity contribution in [2.75, 3.05) is 31.1 Å². The van der Waals surface area contributed by atoms with Gasteiger partial charge in [0.25, 0.3) is 0 Å². The van der Waals surface area contributed by atoms with Crippen molar-refractivity contribution in [1.82, 2.24) is 4.90 Å². The molecule has 0 atom stereocenters. The van der Waals surface area contributed by atoms with Crippen LogP contribution in [0.5, 0.6) is 0 Å². The number of anilines is 1. The summed E-state index contributed by atoms with van der Waals surface area (Å²) in [5.74, 6) is 0.781. The lowest BCUT2D eigenvalue weighted by Crippen LogP contribution is -2.51. The molecule has 2 aliphatic rings. The van der Waals surface area contributed by atoms with Crippen LogP contribution in [0.15, 0.2) is 48.5 Å². The van der Waals surface area contributed by atoms with E-state index in [1.54, 1.807) is 5.56 Å². The van der Waals surface area contributed by atoms with Gasteiger partial charge in [0.1, 0.15) is 0 Å². The smallest absolute Gasteiger partial charge is 0.0399 e. The molecular weight excluding hydrogens is 316 g/mol. The SMILES string of the molecule is Cc1ccc(C)c(N2CCN(C3CCC(c4ccccc4)CC3)CC2)c1. The maximum absolute atomic E-state index is 2.77. The monoisotopic (exact) mass is 348 g/mol. The normalized spacial score (nSPS) is 24.6. The molecule has 1 saturated heterocycles. The Morgan fingerprint density at radius 3 is 2.15 bits per heavy atom. The quantitative estimate of drug-likeness (QED) is 0.757. The number of hydrogen-bond donors (Lipinski definition) is 0. The van der Waals surface area contributed by atoms with Gasteiger partial charge in [-0.05, 0) is 68.2 Å². The highest BCUT2D eigenvalue weighted by molar-refractivity contribution is 5.55. The number of rotatable bonds is 3. The van der Waals surface area contributed by atoms with E-state index in [9.17, 15) is 0 Å². The van der Waals surface area contributed by atoms with Gasteiger partial charge in [-0.3, -0.25) is 4.90 Å². The Labute approximate surface area is 158 Å². The zero-order valence-corrected chi connectivity index (χ0v) is 16.3. The van der Waals surface area contributed by atoms with Crippen LogP contribution in [0, 0.1) is 13.8 Å². The van der Waals surface area contributed by atoms with E-state index in [4.69, 9.17) is 0 Å². The first kappa shape index (κ1) is 17.6. The van der Waals surface area contributed by atoms with Crippen LogP contribution in [0.2, 0.25) is 0 Å². The van der Waals surface area contributed by atoms with Gasteiger partial charge >= 0.3 is 0 Å². The topological polar surface area (TPSA) is 6.48 Å². The van der Waals surface area contributed by atoms with Crippen LogP contribution in [-0.4, -0.2) is 37.1 Å². The van der Waals surface area contributed by atoms with Crippen molar-refractivity contribution in [3.05, 3.63) is 65.2 Å². The molecule has 0 radical (unpaired) electrons. The Bertz CT molecular complexity index is 708. The molecule has 2 heteroatoms. The second-order valence-corrected chi connectivity index (χ2v) is 8.23. The minimum absolute atomic E-state index is 0.781. The van der Waals surface area contributed by atoms with Crippen LogP contribution in [0.3, 0.4) is 0 Å². The van der Waals surface area contributed by atoms with Crippen LogP contribution in [0.25, 0.3) is 0 Å². The predicted molar refractivity (Wildman–Crippen MR) is 111 cm³/mol. The fourth-order valence-corrected chi connectivity index (χ4v) is 4.89. The molecule has 1 aliphatic carbocycles. The highest BCUT2D eigenvalue weighted by Crippen LogP contribution is 2.35. The number of hydrogen-bond acceptors (Lipinski definition) is 2. The molecule has 2 nitrogen and oxygen atoms in total. The first-order valence-electron chi connectivity index (χ1n) is 10.3. The number of nitrogens with zero attached hydrogens (tertiary/aromatic N) is 2. The van der Waals surface area contributed by atoms with E-state index >= 15 is 0 Å². The van der Waals surface area contributed by atoms with Crippen LogP contribution in [0.1, 0.15) is 48.3 Å². The maximum atomic E-state index is 2.77. The van der Waals surface area contributed by atoms with E-state index in [1.165, 1.54) is 68.7 Å². The van der Waals surface area contributed by atoms with E-state index < -0.39 is 0 Å². The summed E-state index contributed by atoms with van der Waals surface area (Å²) in [5.41, 5.74) is 5.77. The van der Waals surface area contributed by atoms with Gasteiger partial charge < -0.3 is 4.90 Å². The Balaban J connectivity index is 1.31. The van der Waals surface area contributed by atoms with Crippen LogP contribution in [0.4, 0.5) is 5.69 Å². The van der Waals surface area contributed by atoms with Gasteiger partial charge in [0.15, 0.2) is 0 Å². The summed E-state index contributed by atoms with van der Waals surface area (Å²) in [5, 5.41) is 0. The van der Waals surface area contributed by atoms with Crippen molar-refractivity contribution in [3.8, 4) is 0 Å². The molecule has 26 heavy (non-hydrogen) atoms. The average molecular weight is 349 g/mol. The summed E-state index contributed by atoms with van der Waals surface area (Å²) in [4.78, 5) is 5.36. The molecule has 2 aromatic carbocycles. The van der Waals surface area contributed by atoms with E-state index in [0.717, 1.165) is 12.0 Å². The lowest BCUT2D eigenvalue weighted by atomic mass is 9.81. The van der Waals surface area contributed by atoms with Crippen molar-refractivity contribution in [2.24, 2.45) is 0 Å². The highest BCUT2D eigenvalue weighted by Gasteiger charge is 2.29. The molecule has 1 heterocycles. The Morgan fingerprint density at radius 2 is 1.46 bits per heavy atom. The zero-order chi connectivity index (χ0) is 17.9. The molecule has 4 rings (SSSR count). The summed E-state index contributed by atoms with van der Waals surface area (Å²) in [6.07, 6.45) is 5.43. The molecular formula is C24H32N2. The summed E-state index contributed by atoms with van der Waals surface area (Å²) in [6.45, 7) is 9.21. The molecule has 0 spiro atoms. The molecule has 2 fully saturated rings. The third-order valence-corrected chi connectivity index (χ3v) is 6.50. The molecule has 0 N–H and O–H groups in total. The first-order valence-corrected chi connectivity index (χ1v) is 10.3. The minimum Gasteiger partial charge on any atom is -0.369 e. The van der Waals surface area contributed by atoms with E-state index in [1.807, 2.05) is 0 Å². The largest absolute Gasteiger partial charge is 0.369 e. The molecule has 138 valence electrons. The Hall–Kier alpha value is -1.80. The van der Waals surface area contributed by atoms with E-state index in [0.29, 0.717) is 0 Å². The lowest BCUT2D eigenvalue weighted by Gasteiger charge is -2.43. The summed E-state index contributed by atoms with van der Waals surface area (Å²) in [6, 6.07) is 18.8. The third kappa shape index (κ3) is 3.81. The highest BCUT2D eigenvalue weighted by atomic mass is 15.3. The van der Waals surface area contributed by atoms with Crippen molar-refractivity contribution in [3.63, 3.8) is 0 Å². The third-order valence-electron chi connectivity index (χ3n) is 6.50. The second kappa shape index (κ2) is 7.84. The minimum atomic E-state index is 0.781. The molecule has 1 saturated carbocycles. The van der Waals surface area contributed by atoms with Crippen LogP contribution >= 0.6 is 0 Å². The zero-order valence-electron chi connectivity index (χ0n) is 16.3. The summed E-state index contributed by atoms with van der Waals surface area (Å²) < 4.78 is 0. The molecule has 1 aliphatic heterocycles. The van der Waals surface area contributed by atoms with Gasteiger partial charge in [-0.25, -0.2) is 0 Å².